The summed E-state index contributed by atoms with van der Waals surface area (Å²) >= 11 is 3.57. The Morgan fingerprint density at radius 2 is 1.75 bits per heavy atom. The molecule has 0 amide bonds. The Balaban J connectivity index is 2.07. The maximum atomic E-state index is 6.05. The number of nitrogens with two attached hydrogens (primary N) is 1. The Morgan fingerprint density at radius 3 is 2.25 bits per heavy atom. The van der Waals surface area contributed by atoms with Gasteiger partial charge in [-0.2, -0.15) is 0 Å². The molecule has 1 aromatic carbocycles. The van der Waals surface area contributed by atoms with Gasteiger partial charge in [0.25, 0.3) is 0 Å². The van der Waals surface area contributed by atoms with Crippen LogP contribution in [-0.4, -0.2) is 48.6 Å². The molecule has 2 rings (SSSR count). The van der Waals surface area contributed by atoms with Crippen molar-refractivity contribution in [1.29, 1.82) is 0 Å². The zero-order valence-corrected chi connectivity index (χ0v) is 14.4. The van der Waals surface area contributed by atoms with E-state index >= 15 is 0 Å². The lowest BCUT2D eigenvalue weighted by Gasteiger charge is -2.40. The van der Waals surface area contributed by atoms with Crippen molar-refractivity contribution in [3.8, 4) is 0 Å². The Labute approximate surface area is 131 Å². The zero-order valence-electron chi connectivity index (χ0n) is 12.8. The lowest BCUT2D eigenvalue weighted by Crippen LogP contribution is -2.50. The Kier molecular flexibility index (Phi) is 5.61. The molecular formula is C16H26BrN3. The summed E-state index contributed by atoms with van der Waals surface area (Å²) in [6, 6.07) is 7.58. The molecule has 1 unspecified atom stereocenters. The fraction of sp³-hybridized carbons (Fsp3) is 0.625. The third-order valence-corrected chi connectivity index (χ3v) is 5.20. The van der Waals surface area contributed by atoms with Crippen LogP contribution in [0.5, 0.6) is 0 Å². The molecule has 0 bridgehead atoms. The van der Waals surface area contributed by atoms with Gasteiger partial charge in [0, 0.05) is 49.3 Å². The van der Waals surface area contributed by atoms with E-state index in [0.29, 0.717) is 18.6 Å². The van der Waals surface area contributed by atoms with Crippen molar-refractivity contribution in [2.45, 2.75) is 32.9 Å². The first kappa shape index (κ1) is 16.0. The normalized spacial score (nSPS) is 19.5. The highest BCUT2D eigenvalue weighted by Gasteiger charge is 2.25. The lowest BCUT2D eigenvalue weighted by atomic mass is 10.0. The first-order valence-corrected chi connectivity index (χ1v) is 8.26. The summed E-state index contributed by atoms with van der Waals surface area (Å²) in [6.07, 6.45) is 0. The molecule has 0 radical (unpaired) electrons. The van der Waals surface area contributed by atoms with E-state index in [1.807, 2.05) is 0 Å². The van der Waals surface area contributed by atoms with Gasteiger partial charge in [0.05, 0.1) is 0 Å². The number of nitrogens with zero attached hydrogens (tertiary/aromatic N) is 2. The van der Waals surface area contributed by atoms with Crippen LogP contribution in [0.2, 0.25) is 0 Å². The van der Waals surface area contributed by atoms with Crippen LogP contribution in [0.15, 0.2) is 22.7 Å². The predicted octanol–water partition coefficient (Wildman–Crippen LogP) is 2.78. The molecular weight excluding hydrogens is 314 g/mol. The fourth-order valence-electron chi connectivity index (χ4n) is 2.94. The standard InChI is InChI=1S/C16H26BrN3/c1-12(2)19-6-8-20(9-7-19)16(11-18)14-4-5-15(17)13(3)10-14/h4-5,10,12,16H,6-9,11,18H2,1-3H3. The van der Waals surface area contributed by atoms with E-state index < -0.39 is 0 Å². The van der Waals surface area contributed by atoms with Crippen molar-refractivity contribution >= 4 is 15.9 Å². The van der Waals surface area contributed by atoms with Crippen molar-refractivity contribution in [2.75, 3.05) is 32.7 Å². The average molecular weight is 340 g/mol. The monoisotopic (exact) mass is 339 g/mol. The van der Waals surface area contributed by atoms with E-state index in [1.54, 1.807) is 0 Å². The van der Waals surface area contributed by atoms with Crippen LogP contribution in [0.4, 0.5) is 0 Å². The second-order valence-corrected chi connectivity index (χ2v) is 6.78. The maximum Gasteiger partial charge on any atom is 0.0471 e. The number of benzene rings is 1. The van der Waals surface area contributed by atoms with Crippen LogP contribution in [0.3, 0.4) is 0 Å². The largest absolute Gasteiger partial charge is 0.329 e. The van der Waals surface area contributed by atoms with Gasteiger partial charge in [-0.05, 0) is 38.0 Å². The second kappa shape index (κ2) is 7.03. The molecule has 1 atom stereocenters. The van der Waals surface area contributed by atoms with Crippen LogP contribution in [0.1, 0.15) is 31.0 Å². The minimum absolute atomic E-state index is 0.344. The molecule has 2 N–H and O–H groups in total. The summed E-state index contributed by atoms with van der Waals surface area (Å²) in [5.74, 6) is 0. The number of aryl methyl sites for hydroxylation is 1. The van der Waals surface area contributed by atoms with E-state index in [2.05, 4.69) is 64.7 Å². The highest BCUT2D eigenvalue weighted by Crippen LogP contribution is 2.25. The summed E-state index contributed by atoms with van der Waals surface area (Å²) in [5.41, 5.74) is 8.67. The number of rotatable bonds is 4. The van der Waals surface area contributed by atoms with Gasteiger partial charge in [-0.3, -0.25) is 9.80 Å². The molecule has 1 fully saturated rings. The highest BCUT2D eigenvalue weighted by molar-refractivity contribution is 9.10. The molecule has 0 saturated carbocycles. The summed E-state index contributed by atoms with van der Waals surface area (Å²) in [7, 11) is 0. The first-order chi connectivity index (χ1) is 9.52. The predicted molar refractivity (Wildman–Crippen MR) is 89.0 cm³/mol. The average Bonchev–Trinajstić information content (AvgIpc) is 2.44. The summed E-state index contributed by atoms with van der Waals surface area (Å²) in [6.45, 7) is 11.9. The third-order valence-electron chi connectivity index (χ3n) is 4.31. The van der Waals surface area contributed by atoms with E-state index in [0.717, 1.165) is 26.2 Å². The van der Waals surface area contributed by atoms with Crippen molar-refractivity contribution in [1.82, 2.24) is 9.80 Å². The van der Waals surface area contributed by atoms with Crippen molar-refractivity contribution in [2.24, 2.45) is 5.73 Å². The first-order valence-electron chi connectivity index (χ1n) is 7.47. The zero-order chi connectivity index (χ0) is 14.7. The summed E-state index contributed by atoms with van der Waals surface area (Å²) in [5, 5.41) is 0. The van der Waals surface area contributed by atoms with Crippen LogP contribution >= 0.6 is 15.9 Å². The van der Waals surface area contributed by atoms with Gasteiger partial charge in [0.15, 0.2) is 0 Å². The van der Waals surface area contributed by atoms with Crippen LogP contribution in [0, 0.1) is 6.92 Å². The summed E-state index contributed by atoms with van der Waals surface area (Å²) in [4.78, 5) is 5.07. The molecule has 112 valence electrons. The quantitative estimate of drug-likeness (QED) is 0.915. The highest BCUT2D eigenvalue weighted by atomic mass is 79.9. The molecule has 0 spiro atoms. The van der Waals surface area contributed by atoms with E-state index in [1.165, 1.54) is 15.6 Å². The molecule has 0 aliphatic carbocycles. The van der Waals surface area contributed by atoms with Crippen LogP contribution < -0.4 is 5.73 Å². The van der Waals surface area contributed by atoms with Crippen molar-refractivity contribution < 1.29 is 0 Å². The number of hydrogen-bond acceptors (Lipinski definition) is 3. The summed E-state index contributed by atoms with van der Waals surface area (Å²) < 4.78 is 1.17. The van der Waals surface area contributed by atoms with Crippen LogP contribution in [-0.2, 0) is 0 Å². The number of hydrogen-bond donors (Lipinski definition) is 1. The van der Waals surface area contributed by atoms with E-state index in [9.17, 15) is 0 Å². The molecule has 1 aliphatic rings. The maximum absolute atomic E-state index is 6.05. The molecule has 1 aliphatic heterocycles. The fourth-order valence-corrected chi connectivity index (χ4v) is 3.18. The smallest absolute Gasteiger partial charge is 0.0471 e. The number of piperazine rings is 1. The van der Waals surface area contributed by atoms with Gasteiger partial charge in [-0.1, -0.05) is 28.1 Å². The Morgan fingerprint density at radius 1 is 1.15 bits per heavy atom. The van der Waals surface area contributed by atoms with E-state index in [4.69, 9.17) is 5.73 Å². The minimum atomic E-state index is 0.344. The molecule has 0 aromatic heterocycles. The van der Waals surface area contributed by atoms with Crippen molar-refractivity contribution in [3.63, 3.8) is 0 Å². The molecule has 1 saturated heterocycles. The van der Waals surface area contributed by atoms with Gasteiger partial charge in [0.1, 0.15) is 0 Å². The van der Waals surface area contributed by atoms with Gasteiger partial charge in [-0.25, -0.2) is 0 Å². The molecule has 4 heteroatoms. The molecule has 3 nitrogen and oxygen atoms in total. The van der Waals surface area contributed by atoms with Crippen LogP contribution in [0.25, 0.3) is 0 Å². The van der Waals surface area contributed by atoms with Gasteiger partial charge >= 0.3 is 0 Å². The van der Waals surface area contributed by atoms with Gasteiger partial charge in [-0.15, -0.1) is 0 Å². The number of halogens is 1. The molecule has 20 heavy (non-hydrogen) atoms. The Hall–Kier alpha value is -0.420. The van der Waals surface area contributed by atoms with Gasteiger partial charge < -0.3 is 5.73 Å². The van der Waals surface area contributed by atoms with Crippen molar-refractivity contribution in [3.05, 3.63) is 33.8 Å². The third kappa shape index (κ3) is 3.61. The van der Waals surface area contributed by atoms with E-state index in [-0.39, 0.29) is 0 Å². The van der Waals surface area contributed by atoms with Gasteiger partial charge in [0.2, 0.25) is 0 Å². The Bertz CT molecular complexity index is 439. The minimum Gasteiger partial charge on any atom is -0.329 e. The SMILES string of the molecule is Cc1cc(C(CN)N2CCN(C(C)C)CC2)ccc1Br. The topological polar surface area (TPSA) is 32.5 Å². The molecule has 1 heterocycles. The molecule has 1 aromatic rings. The lowest BCUT2D eigenvalue weighted by molar-refractivity contribution is 0.0802. The second-order valence-electron chi connectivity index (χ2n) is 5.93.